The van der Waals surface area contributed by atoms with Gasteiger partial charge in [-0.25, -0.2) is 4.39 Å². The van der Waals surface area contributed by atoms with E-state index in [0.29, 0.717) is 52.3 Å². The van der Waals surface area contributed by atoms with Gasteiger partial charge in [0.15, 0.2) is 11.9 Å². The van der Waals surface area contributed by atoms with Gasteiger partial charge in [0.05, 0.1) is 23.8 Å². The number of Topliss-reactive ketones (excluding diaryl/α,β-unsaturated/α-hetero) is 1. The van der Waals surface area contributed by atoms with Gasteiger partial charge in [-0.05, 0) is 42.8 Å². The molecule has 0 radical (unpaired) electrons. The van der Waals surface area contributed by atoms with E-state index in [-0.39, 0.29) is 11.6 Å². The quantitative estimate of drug-likeness (QED) is 0.622. The Morgan fingerprint density at radius 1 is 1.10 bits per heavy atom. The second-order valence-electron chi connectivity index (χ2n) is 6.84. The summed E-state index contributed by atoms with van der Waals surface area (Å²) in [6.45, 7) is 2.16. The molecule has 0 bridgehead atoms. The molecule has 29 heavy (non-hydrogen) atoms. The monoisotopic (exact) mass is 387 g/mol. The third-order valence-corrected chi connectivity index (χ3v) is 5.01. The summed E-state index contributed by atoms with van der Waals surface area (Å²) < 4.78 is 26.6. The molecule has 0 aromatic heterocycles. The normalized spacial score (nSPS) is 13.8. The van der Waals surface area contributed by atoms with Gasteiger partial charge in [0.1, 0.15) is 17.3 Å². The molecule has 0 spiro atoms. The van der Waals surface area contributed by atoms with Crippen LogP contribution in [0, 0.1) is 24.1 Å². The molecule has 0 fully saturated rings. The number of fused-ring (bicyclic) bond motifs is 1. The van der Waals surface area contributed by atoms with Crippen LogP contribution in [0.25, 0.3) is 0 Å². The molecular weight excluding hydrogens is 369 g/mol. The Balaban J connectivity index is 1.78. The number of carbonyl (C=O) groups excluding carboxylic acids is 1. The van der Waals surface area contributed by atoms with Crippen LogP contribution in [0.5, 0.6) is 11.5 Å². The summed E-state index contributed by atoms with van der Waals surface area (Å²) in [7, 11) is 0. The Morgan fingerprint density at radius 3 is 2.59 bits per heavy atom. The van der Waals surface area contributed by atoms with E-state index >= 15 is 0 Å². The molecule has 3 aromatic rings. The number of nitriles is 1. The molecule has 0 saturated carbocycles. The third kappa shape index (κ3) is 3.57. The lowest BCUT2D eigenvalue weighted by molar-refractivity contribution is 0.0932. The Kier molecular flexibility index (Phi) is 5.01. The highest BCUT2D eigenvalue weighted by molar-refractivity contribution is 6.00. The van der Waals surface area contributed by atoms with Gasteiger partial charge in [0.25, 0.3) is 0 Å². The van der Waals surface area contributed by atoms with Crippen molar-refractivity contribution in [2.75, 3.05) is 6.61 Å². The Hall–Kier alpha value is -3.65. The standard InChI is InChI=1S/C24H18FNO3/c1-15-22(11-10-19-21(27)12-13-28-23(15)19)29-24(18-4-2-3-5-20(18)25)17-8-6-16(14-26)7-9-17/h2-11,24H,12-13H2,1H3. The van der Waals surface area contributed by atoms with E-state index in [1.165, 1.54) is 6.07 Å². The Bertz CT molecular complexity index is 1120. The number of rotatable bonds is 4. The van der Waals surface area contributed by atoms with Crippen LogP contribution in [0.2, 0.25) is 0 Å². The first-order valence-corrected chi connectivity index (χ1v) is 9.29. The van der Waals surface area contributed by atoms with Crippen LogP contribution < -0.4 is 9.47 Å². The molecule has 144 valence electrons. The van der Waals surface area contributed by atoms with Crippen molar-refractivity contribution in [1.82, 2.24) is 0 Å². The van der Waals surface area contributed by atoms with Crippen molar-refractivity contribution in [3.8, 4) is 17.6 Å². The number of halogens is 1. The average molecular weight is 387 g/mol. The molecule has 5 heteroatoms. The highest BCUT2D eigenvalue weighted by Crippen LogP contribution is 2.38. The summed E-state index contributed by atoms with van der Waals surface area (Å²) in [5.74, 6) is 0.685. The van der Waals surface area contributed by atoms with Crippen molar-refractivity contribution < 1.29 is 18.7 Å². The molecule has 1 heterocycles. The van der Waals surface area contributed by atoms with Crippen LogP contribution in [0.4, 0.5) is 4.39 Å². The maximum Gasteiger partial charge on any atom is 0.170 e. The van der Waals surface area contributed by atoms with Crippen LogP contribution >= 0.6 is 0 Å². The van der Waals surface area contributed by atoms with Gasteiger partial charge in [-0.15, -0.1) is 0 Å². The maximum absolute atomic E-state index is 14.6. The SMILES string of the molecule is Cc1c(OC(c2ccc(C#N)cc2)c2ccccc2F)ccc2c1OCCC2=O. The van der Waals surface area contributed by atoms with Gasteiger partial charge in [-0.1, -0.05) is 30.3 Å². The van der Waals surface area contributed by atoms with Crippen LogP contribution in [0.1, 0.15) is 45.1 Å². The maximum atomic E-state index is 14.6. The third-order valence-electron chi connectivity index (χ3n) is 5.01. The second kappa shape index (κ2) is 7.76. The molecule has 4 rings (SSSR count). The molecule has 1 aliphatic rings. The Labute approximate surface area is 168 Å². The number of hydrogen-bond donors (Lipinski definition) is 0. The van der Waals surface area contributed by atoms with Crippen molar-refractivity contribution in [3.05, 3.63) is 94.3 Å². The molecular formula is C24H18FNO3. The summed E-state index contributed by atoms with van der Waals surface area (Å²) in [6.07, 6.45) is -0.365. The van der Waals surface area contributed by atoms with E-state index in [9.17, 15) is 9.18 Å². The fourth-order valence-electron chi connectivity index (χ4n) is 3.45. The lowest BCUT2D eigenvalue weighted by atomic mass is 9.98. The number of ether oxygens (including phenoxy) is 2. The first-order chi connectivity index (χ1) is 14.1. The largest absolute Gasteiger partial charge is 0.492 e. The zero-order valence-electron chi connectivity index (χ0n) is 15.8. The van der Waals surface area contributed by atoms with E-state index in [0.717, 1.165) is 0 Å². The molecule has 0 N–H and O–H groups in total. The lowest BCUT2D eigenvalue weighted by Crippen LogP contribution is -2.17. The fraction of sp³-hybridized carbons (Fsp3) is 0.167. The van der Waals surface area contributed by atoms with Gasteiger partial charge < -0.3 is 9.47 Å². The number of nitrogens with zero attached hydrogens (tertiary/aromatic N) is 1. The summed E-state index contributed by atoms with van der Waals surface area (Å²) >= 11 is 0. The Morgan fingerprint density at radius 2 is 1.86 bits per heavy atom. The van der Waals surface area contributed by atoms with E-state index in [4.69, 9.17) is 14.7 Å². The zero-order chi connectivity index (χ0) is 20.4. The number of carbonyl (C=O) groups is 1. The second-order valence-corrected chi connectivity index (χ2v) is 6.84. The van der Waals surface area contributed by atoms with E-state index < -0.39 is 6.10 Å². The summed E-state index contributed by atoms with van der Waals surface area (Å²) in [5, 5.41) is 9.05. The zero-order valence-corrected chi connectivity index (χ0v) is 15.8. The molecule has 0 amide bonds. The van der Waals surface area contributed by atoms with E-state index in [2.05, 4.69) is 6.07 Å². The fourth-order valence-corrected chi connectivity index (χ4v) is 3.45. The summed E-state index contributed by atoms with van der Waals surface area (Å²) in [5.41, 5.74) is 2.85. The lowest BCUT2D eigenvalue weighted by Gasteiger charge is -2.25. The number of benzene rings is 3. The molecule has 4 nitrogen and oxygen atoms in total. The minimum atomic E-state index is -0.722. The van der Waals surface area contributed by atoms with Crippen molar-refractivity contribution >= 4 is 5.78 Å². The first kappa shape index (κ1) is 18.7. The van der Waals surface area contributed by atoms with Crippen LogP contribution in [-0.2, 0) is 0 Å². The molecule has 0 saturated heterocycles. The molecule has 1 unspecified atom stereocenters. The predicted molar refractivity (Wildman–Crippen MR) is 106 cm³/mol. The molecule has 1 atom stereocenters. The van der Waals surface area contributed by atoms with Gasteiger partial charge >= 0.3 is 0 Å². The van der Waals surface area contributed by atoms with E-state index in [1.807, 2.05) is 6.92 Å². The number of ketones is 1. The smallest absolute Gasteiger partial charge is 0.170 e. The van der Waals surface area contributed by atoms with Gasteiger partial charge in [0.2, 0.25) is 0 Å². The predicted octanol–water partition coefficient (Wildman–Crippen LogP) is 5.14. The minimum absolute atomic E-state index is 0.0404. The van der Waals surface area contributed by atoms with Gasteiger partial charge in [-0.2, -0.15) is 5.26 Å². The summed E-state index contributed by atoms with van der Waals surface area (Å²) in [6, 6.07) is 18.8. The number of hydrogen-bond acceptors (Lipinski definition) is 4. The molecule has 0 aliphatic carbocycles. The topological polar surface area (TPSA) is 59.3 Å². The highest BCUT2D eigenvalue weighted by atomic mass is 19.1. The minimum Gasteiger partial charge on any atom is -0.492 e. The van der Waals surface area contributed by atoms with Crippen molar-refractivity contribution in [2.45, 2.75) is 19.4 Å². The van der Waals surface area contributed by atoms with Crippen LogP contribution in [-0.4, -0.2) is 12.4 Å². The van der Waals surface area contributed by atoms with E-state index in [1.54, 1.807) is 54.6 Å². The molecule has 1 aliphatic heterocycles. The van der Waals surface area contributed by atoms with Crippen molar-refractivity contribution in [3.63, 3.8) is 0 Å². The van der Waals surface area contributed by atoms with Crippen molar-refractivity contribution in [1.29, 1.82) is 5.26 Å². The molecule has 3 aromatic carbocycles. The van der Waals surface area contributed by atoms with Crippen LogP contribution in [0.3, 0.4) is 0 Å². The summed E-state index contributed by atoms with van der Waals surface area (Å²) in [4.78, 5) is 12.1. The van der Waals surface area contributed by atoms with Gasteiger partial charge in [0, 0.05) is 17.5 Å². The average Bonchev–Trinajstić information content (AvgIpc) is 2.75. The van der Waals surface area contributed by atoms with Crippen LogP contribution in [0.15, 0.2) is 60.7 Å². The first-order valence-electron chi connectivity index (χ1n) is 9.29. The van der Waals surface area contributed by atoms with Crippen molar-refractivity contribution in [2.24, 2.45) is 0 Å². The highest BCUT2D eigenvalue weighted by Gasteiger charge is 2.25. The van der Waals surface area contributed by atoms with Gasteiger partial charge in [-0.3, -0.25) is 4.79 Å².